The number of hydrogen-bond acceptors (Lipinski definition) is 4. The van der Waals surface area contributed by atoms with Crippen LogP contribution in [0.3, 0.4) is 0 Å². The highest BCUT2D eigenvalue weighted by Gasteiger charge is 2.23. The third-order valence-electron chi connectivity index (χ3n) is 4.11. The summed E-state index contributed by atoms with van der Waals surface area (Å²) in [5.41, 5.74) is 3.72. The molecular weight excluding hydrogens is 286 g/mol. The van der Waals surface area contributed by atoms with Crippen LogP contribution in [0, 0.1) is 22.7 Å². The molecule has 0 saturated heterocycles. The van der Waals surface area contributed by atoms with E-state index in [0.29, 0.717) is 0 Å². The lowest BCUT2D eigenvalue weighted by Crippen LogP contribution is -2.22. The molecule has 1 heterocycles. The number of rotatable bonds is 4. The number of aromatic nitrogens is 2. The van der Waals surface area contributed by atoms with Crippen LogP contribution in [0.1, 0.15) is 35.7 Å². The number of nitriles is 2. The second-order valence-electron chi connectivity index (χ2n) is 5.58. The summed E-state index contributed by atoms with van der Waals surface area (Å²) in [7, 11) is 0. The van der Waals surface area contributed by atoms with Gasteiger partial charge in [0.2, 0.25) is 0 Å². The molecule has 1 aliphatic rings. The van der Waals surface area contributed by atoms with E-state index < -0.39 is 0 Å². The van der Waals surface area contributed by atoms with E-state index in [0.717, 1.165) is 25.8 Å². The van der Waals surface area contributed by atoms with E-state index >= 15 is 0 Å². The van der Waals surface area contributed by atoms with Crippen molar-refractivity contribution in [3.63, 3.8) is 0 Å². The molecular formula is C18H17N5. The number of nitrogens with zero attached hydrogens (tertiary/aromatic N) is 4. The van der Waals surface area contributed by atoms with E-state index in [2.05, 4.69) is 27.2 Å². The average Bonchev–Trinajstić information content (AvgIpc) is 3.00. The second-order valence-corrected chi connectivity index (χ2v) is 5.58. The predicted molar refractivity (Wildman–Crippen MR) is 85.9 cm³/mol. The number of allylic oxidation sites excluding steroid dienone is 1. The molecule has 0 bridgehead atoms. The minimum absolute atomic E-state index is 0.0915. The standard InChI is InChI=1S/C18H17N5/c19-9-15(10-20)11-21-17-7-4-8-18-16(17)12-22-23(18)13-14-5-2-1-3-6-14/h1-3,5-6,11-12,17,21H,4,7-8,13H2/t17-/m0/s1. The number of fused-ring (bicyclic) bond motifs is 1. The third kappa shape index (κ3) is 3.25. The zero-order chi connectivity index (χ0) is 16.1. The summed E-state index contributed by atoms with van der Waals surface area (Å²) in [6.45, 7) is 0.764. The molecule has 0 radical (unpaired) electrons. The van der Waals surface area contributed by atoms with Crippen LogP contribution in [0.25, 0.3) is 0 Å². The van der Waals surface area contributed by atoms with Crippen LogP contribution in [0.2, 0.25) is 0 Å². The van der Waals surface area contributed by atoms with E-state index in [-0.39, 0.29) is 11.6 Å². The highest BCUT2D eigenvalue weighted by Crippen LogP contribution is 2.30. The van der Waals surface area contributed by atoms with Crippen LogP contribution in [-0.4, -0.2) is 9.78 Å². The van der Waals surface area contributed by atoms with E-state index in [1.165, 1.54) is 23.0 Å². The molecule has 0 saturated carbocycles. The molecule has 5 heteroatoms. The average molecular weight is 303 g/mol. The van der Waals surface area contributed by atoms with Crippen LogP contribution in [0.4, 0.5) is 0 Å². The van der Waals surface area contributed by atoms with Crippen LogP contribution in [0.5, 0.6) is 0 Å². The molecule has 1 aliphatic carbocycles. The molecule has 1 aromatic carbocycles. The van der Waals surface area contributed by atoms with Gasteiger partial charge in [0, 0.05) is 17.5 Å². The first-order chi connectivity index (χ1) is 11.3. The Balaban J connectivity index is 1.80. The fourth-order valence-corrected chi connectivity index (χ4v) is 2.96. The minimum atomic E-state index is 0.0915. The van der Waals surface area contributed by atoms with Crippen LogP contribution in [0.15, 0.2) is 48.3 Å². The maximum absolute atomic E-state index is 8.82. The van der Waals surface area contributed by atoms with Gasteiger partial charge < -0.3 is 5.32 Å². The Morgan fingerprint density at radius 2 is 2.09 bits per heavy atom. The Kier molecular flexibility index (Phi) is 4.40. The van der Waals surface area contributed by atoms with Gasteiger partial charge in [0.05, 0.1) is 18.8 Å². The normalized spacial score (nSPS) is 15.8. The molecule has 114 valence electrons. The third-order valence-corrected chi connectivity index (χ3v) is 4.11. The molecule has 0 unspecified atom stereocenters. The first kappa shape index (κ1) is 14.9. The summed E-state index contributed by atoms with van der Waals surface area (Å²) in [6.07, 6.45) is 6.46. The van der Waals surface area contributed by atoms with Gasteiger partial charge in [-0.1, -0.05) is 30.3 Å². The monoisotopic (exact) mass is 303 g/mol. The molecule has 2 aromatic rings. The van der Waals surface area contributed by atoms with Gasteiger partial charge in [-0.15, -0.1) is 0 Å². The van der Waals surface area contributed by atoms with Crippen LogP contribution in [-0.2, 0) is 13.0 Å². The van der Waals surface area contributed by atoms with Gasteiger partial charge in [-0.05, 0) is 24.8 Å². The minimum Gasteiger partial charge on any atom is -0.382 e. The molecule has 1 aromatic heterocycles. The second kappa shape index (κ2) is 6.81. The van der Waals surface area contributed by atoms with Gasteiger partial charge in [0.1, 0.15) is 17.7 Å². The molecule has 0 aliphatic heterocycles. The van der Waals surface area contributed by atoms with Gasteiger partial charge in [-0.2, -0.15) is 15.6 Å². The molecule has 0 spiro atoms. The largest absolute Gasteiger partial charge is 0.382 e. The van der Waals surface area contributed by atoms with Gasteiger partial charge in [-0.25, -0.2) is 0 Å². The van der Waals surface area contributed by atoms with Crippen molar-refractivity contribution in [1.82, 2.24) is 15.1 Å². The van der Waals surface area contributed by atoms with Crippen LogP contribution >= 0.6 is 0 Å². The van der Waals surface area contributed by atoms with Crippen molar-refractivity contribution in [3.05, 3.63) is 65.1 Å². The summed E-state index contributed by atoms with van der Waals surface area (Å²) < 4.78 is 2.05. The fourth-order valence-electron chi connectivity index (χ4n) is 2.96. The Labute approximate surface area is 135 Å². The van der Waals surface area contributed by atoms with E-state index in [4.69, 9.17) is 10.5 Å². The Bertz CT molecular complexity index is 773. The lowest BCUT2D eigenvalue weighted by atomic mass is 9.93. The summed E-state index contributed by atoms with van der Waals surface area (Å²) >= 11 is 0. The predicted octanol–water partition coefficient (Wildman–Crippen LogP) is 2.83. The molecule has 1 atom stereocenters. The molecule has 1 N–H and O–H groups in total. The summed E-state index contributed by atoms with van der Waals surface area (Å²) in [6, 6.07) is 14.1. The van der Waals surface area contributed by atoms with Crippen molar-refractivity contribution in [3.8, 4) is 12.1 Å². The van der Waals surface area contributed by atoms with Crippen molar-refractivity contribution < 1.29 is 0 Å². The topological polar surface area (TPSA) is 77.4 Å². The van der Waals surface area contributed by atoms with Crippen molar-refractivity contribution in [2.45, 2.75) is 31.8 Å². The Hall–Kier alpha value is -3.05. The fraction of sp³-hybridized carbons (Fsp3) is 0.278. The molecule has 23 heavy (non-hydrogen) atoms. The van der Waals surface area contributed by atoms with Gasteiger partial charge >= 0.3 is 0 Å². The molecule has 0 amide bonds. The van der Waals surface area contributed by atoms with E-state index in [9.17, 15) is 0 Å². The van der Waals surface area contributed by atoms with Crippen molar-refractivity contribution >= 4 is 0 Å². The zero-order valence-electron chi connectivity index (χ0n) is 12.7. The molecule has 3 rings (SSSR count). The first-order valence-corrected chi connectivity index (χ1v) is 7.66. The first-order valence-electron chi connectivity index (χ1n) is 7.66. The van der Waals surface area contributed by atoms with Crippen LogP contribution < -0.4 is 5.32 Å². The zero-order valence-corrected chi connectivity index (χ0v) is 12.7. The maximum Gasteiger partial charge on any atom is 0.145 e. The van der Waals surface area contributed by atoms with E-state index in [1.807, 2.05) is 36.5 Å². The van der Waals surface area contributed by atoms with E-state index in [1.54, 1.807) is 0 Å². The van der Waals surface area contributed by atoms with Crippen molar-refractivity contribution in [1.29, 1.82) is 10.5 Å². The Morgan fingerprint density at radius 1 is 1.30 bits per heavy atom. The number of nitrogens with one attached hydrogen (secondary N) is 1. The highest BCUT2D eigenvalue weighted by atomic mass is 15.3. The quantitative estimate of drug-likeness (QED) is 0.881. The lowest BCUT2D eigenvalue weighted by molar-refractivity contribution is 0.494. The van der Waals surface area contributed by atoms with Crippen molar-refractivity contribution in [2.75, 3.05) is 0 Å². The number of hydrogen-bond donors (Lipinski definition) is 1. The summed E-state index contributed by atoms with van der Waals surface area (Å²) in [5, 5.41) is 25.4. The Morgan fingerprint density at radius 3 is 2.83 bits per heavy atom. The summed E-state index contributed by atoms with van der Waals surface area (Å²) in [4.78, 5) is 0. The van der Waals surface area contributed by atoms with Gasteiger partial charge in [0.25, 0.3) is 0 Å². The maximum atomic E-state index is 8.82. The van der Waals surface area contributed by atoms with Gasteiger partial charge in [0.15, 0.2) is 0 Å². The lowest BCUT2D eigenvalue weighted by Gasteiger charge is -2.23. The van der Waals surface area contributed by atoms with Crippen molar-refractivity contribution in [2.24, 2.45) is 0 Å². The summed E-state index contributed by atoms with van der Waals surface area (Å²) in [5.74, 6) is 0. The SMILES string of the molecule is N#CC(C#N)=CN[C@H]1CCCc2c1cnn2Cc1ccccc1. The van der Waals surface area contributed by atoms with Gasteiger partial charge in [-0.3, -0.25) is 4.68 Å². The smallest absolute Gasteiger partial charge is 0.145 e. The molecule has 0 fully saturated rings. The number of benzene rings is 1. The molecule has 5 nitrogen and oxygen atoms in total. The highest BCUT2D eigenvalue weighted by molar-refractivity contribution is 5.35.